The van der Waals surface area contributed by atoms with Gasteiger partial charge in [0.2, 0.25) is 6.20 Å². The molecule has 7 aliphatic rings. The van der Waals surface area contributed by atoms with Gasteiger partial charge in [-0.2, -0.15) is 4.99 Å². The fraction of sp³-hybridized carbons (Fsp3) is 0.194. The highest BCUT2D eigenvalue weighted by atomic mass is 79.9. The lowest BCUT2D eigenvalue weighted by Crippen LogP contribution is -2.42. The third-order valence-electron chi connectivity index (χ3n) is 17.9. The van der Waals surface area contributed by atoms with Gasteiger partial charge in [0, 0.05) is 79.6 Å². The van der Waals surface area contributed by atoms with E-state index in [2.05, 4.69) is 255 Å². The minimum Gasteiger partial charge on any atom is -0.384 e. The van der Waals surface area contributed by atoms with Crippen LogP contribution in [-0.2, 0) is 22.2 Å². The van der Waals surface area contributed by atoms with Crippen molar-refractivity contribution in [3.8, 4) is 22.8 Å². The van der Waals surface area contributed by atoms with E-state index in [0.29, 0.717) is 18.3 Å². The average Bonchev–Trinajstić information content (AvgIpc) is 1.25. The molecule has 4 aromatic carbocycles. The smallest absolute Gasteiger partial charge is 0.384 e. The van der Waals surface area contributed by atoms with Crippen molar-refractivity contribution in [3.05, 3.63) is 233 Å². The predicted molar refractivity (Wildman–Crippen MR) is 367 cm³/mol. The number of halogens is 1. The standard InChI is InChI=1S/C32H23N7.C19H23BN2O2.C17H9BrN7.C4H8/c1-38-29-6-2-4-8-31(29)39(32-9-5-3-7-30(32)38)22-18-23(20-14-25-26(15-20)34-11-10-33-25)37-24(19-22)21-16-27-28(17-21)36-13-12-35-27;1-18(2)19(3,4)24-20(23-18)22-16-12-8-6-10-14(16)21(5)15-11-7-9-13-17(15)22;18-9-5-10(12-7-14-16(24-12)21-3-1-19-14)23-11(6-9)13-8-15-17(25-13)22-4-2-20-15;1-2-4-3-1/h2-14,16,18-19H,15,17H2,1H3;6-13H,1-5H3;1-3,5-8H,(H,21,24)(H,22,25);1-4H2/q;;+1;. The molecule has 4 aliphatic heterocycles. The molecule has 11 heterocycles. The Morgan fingerprint density at radius 3 is 1.47 bits per heavy atom. The number of pyridine rings is 2. The molecule has 452 valence electrons. The maximum absolute atomic E-state index is 6.34. The Balaban J connectivity index is 0.000000115. The second-order valence-electron chi connectivity index (χ2n) is 24.3. The number of fused-ring (bicyclic) bond motifs is 8. The van der Waals surface area contributed by atoms with E-state index >= 15 is 0 Å². The summed E-state index contributed by atoms with van der Waals surface area (Å²) in [6.07, 6.45) is 26.2. The zero-order valence-corrected chi connectivity index (χ0v) is 53.3. The summed E-state index contributed by atoms with van der Waals surface area (Å²) in [6.45, 7) is 8.34. The molecule has 11 aromatic rings. The van der Waals surface area contributed by atoms with E-state index in [0.717, 1.165) is 140 Å². The van der Waals surface area contributed by atoms with Gasteiger partial charge in [-0.1, -0.05) is 90.1 Å². The van der Waals surface area contributed by atoms with Crippen LogP contribution in [0.3, 0.4) is 0 Å². The monoisotopic (exact) mass is 1270 g/mol. The molecule has 2 fully saturated rings. The third-order valence-corrected chi connectivity index (χ3v) is 18.4. The zero-order valence-electron chi connectivity index (χ0n) is 51.7. The normalized spacial score (nSPS) is 16.1. The van der Waals surface area contributed by atoms with Crippen LogP contribution in [-0.4, -0.2) is 82.4 Å². The Kier molecular flexibility index (Phi) is 15.0. The Morgan fingerprint density at radius 2 is 0.967 bits per heavy atom. The summed E-state index contributed by atoms with van der Waals surface area (Å²) in [5, 5.41) is 0.774. The molecule has 0 atom stereocenters. The second kappa shape index (κ2) is 23.8. The van der Waals surface area contributed by atoms with Crippen molar-refractivity contribution in [1.82, 2.24) is 49.8 Å². The molecular formula is C72H63BBrN16O2+. The van der Waals surface area contributed by atoms with Gasteiger partial charge in [0.05, 0.1) is 119 Å². The Bertz CT molecular complexity index is 4650. The first-order valence-corrected chi connectivity index (χ1v) is 31.6. The molecule has 20 heteroatoms. The largest absolute Gasteiger partial charge is 0.599 e. The lowest BCUT2D eigenvalue weighted by molar-refractivity contribution is 0.00578. The van der Waals surface area contributed by atoms with E-state index in [1.165, 1.54) is 25.7 Å². The minimum atomic E-state index is -0.453. The van der Waals surface area contributed by atoms with Gasteiger partial charge in [0.1, 0.15) is 5.52 Å². The van der Waals surface area contributed by atoms with Crippen LogP contribution in [0.25, 0.3) is 57.2 Å². The van der Waals surface area contributed by atoms with E-state index in [4.69, 9.17) is 19.3 Å². The molecule has 18 nitrogen and oxygen atoms in total. The van der Waals surface area contributed by atoms with E-state index in [1.54, 1.807) is 43.4 Å². The maximum atomic E-state index is 6.34. The number of hydrogen-bond donors (Lipinski definition) is 2. The number of aromatic nitrogens is 10. The summed E-state index contributed by atoms with van der Waals surface area (Å²) < 4.78 is 13.6. The Labute approximate surface area is 541 Å². The number of rotatable bonds is 6. The van der Waals surface area contributed by atoms with Crippen LogP contribution in [0.5, 0.6) is 0 Å². The van der Waals surface area contributed by atoms with Crippen molar-refractivity contribution in [2.45, 2.75) is 77.4 Å². The SMILES string of the molecule is Brc1cc(-c2cc3c([nH]2)=N[C+]=CN=3)nc(-c2cc3nccnc3[nH]2)c1.C1CCC1.CN1c2ccccc2N(B2OC(C)(C)C(C)(C)O2)c2ccccc21.CN1c2ccccc2N(c2cc(C3=Cc4nccnc4C3)nc(C3=Cc4nccnc4C3)c2)c2ccccc21. The van der Waals surface area contributed by atoms with Crippen LogP contribution in [0, 0.1) is 6.20 Å². The van der Waals surface area contributed by atoms with Crippen molar-refractivity contribution >= 4 is 109 Å². The van der Waals surface area contributed by atoms with Crippen LogP contribution in [0.15, 0.2) is 191 Å². The molecule has 0 bridgehead atoms. The third kappa shape index (κ3) is 10.9. The Morgan fingerprint density at radius 1 is 0.511 bits per heavy atom. The number of anilines is 9. The molecule has 0 amide bonds. The van der Waals surface area contributed by atoms with E-state index in [1.807, 2.05) is 24.3 Å². The van der Waals surface area contributed by atoms with Crippen molar-refractivity contribution < 1.29 is 9.31 Å². The molecule has 92 heavy (non-hydrogen) atoms. The van der Waals surface area contributed by atoms with Gasteiger partial charge in [-0.25, -0.2) is 15.0 Å². The molecule has 2 N–H and O–H groups in total. The quantitative estimate of drug-likeness (QED) is 0.118. The molecular weight excluding hydrogens is 1210 g/mol. The summed E-state index contributed by atoms with van der Waals surface area (Å²) in [7, 11) is 3.77. The first-order valence-electron chi connectivity index (χ1n) is 30.8. The first-order chi connectivity index (χ1) is 44.8. The number of nitrogens with one attached hydrogen (secondary N) is 2. The molecule has 0 unspecified atom stereocenters. The van der Waals surface area contributed by atoms with Crippen molar-refractivity contribution in [1.29, 1.82) is 0 Å². The van der Waals surface area contributed by atoms with Gasteiger partial charge in [0.25, 0.3) is 0 Å². The molecule has 1 saturated carbocycles. The number of hydrogen-bond acceptors (Lipinski definition) is 16. The molecule has 18 rings (SSSR count). The number of H-pyrrole nitrogens is 2. The van der Waals surface area contributed by atoms with Crippen LogP contribution in [0.1, 0.15) is 87.5 Å². The topological polar surface area (TPSA) is 191 Å². The highest BCUT2D eigenvalue weighted by Gasteiger charge is 2.56. The van der Waals surface area contributed by atoms with Gasteiger partial charge in [-0.15, -0.1) is 0 Å². The summed E-state index contributed by atoms with van der Waals surface area (Å²) in [5.74, 6) is 0. The first kappa shape index (κ1) is 58.0. The molecule has 3 aliphatic carbocycles. The Hall–Kier alpha value is -10.4. The number of benzene rings is 4. The fourth-order valence-electron chi connectivity index (χ4n) is 12.0. The molecule has 7 aromatic heterocycles. The van der Waals surface area contributed by atoms with Crippen LogP contribution < -0.4 is 30.4 Å². The van der Waals surface area contributed by atoms with Crippen molar-refractivity contribution in [2.24, 2.45) is 9.98 Å². The maximum Gasteiger partial charge on any atom is 0.599 e. The number of aromatic amines is 2. The summed E-state index contributed by atoms with van der Waals surface area (Å²) in [6, 6.07) is 45.9. The lowest BCUT2D eigenvalue weighted by atomic mass is 9.90. The van der Waals surface area contributed by atoms with Crippen LogP contribution >= 0.6 is 15.9 Å². The highest BCUT2D eigenvalue weighted by Crippen LogP contribution is 2.53. The lowest BCUT2D eigenvalue weighted by Gasteiger charge is -2.39. The van der Waals surface area contributed by atoms with Gasteiger partial charge in [-0.05, 0) is 130 Å². The van der Waals surface area contributed by atoms with Crippen molar-refractivity contribution in [3.63, 3.8) is 0 Å². The summed E-state index contributed by atoms with van der Waals surface area (Å²) in [4.78, 5) is 60.6. The van der Waals surface area contributed by atoms with Crippen LogP contribution in [0.4, 0.5) is 51.2 Å². The average molecular weight is 1280 g/mol. The summed E-state index contributed by atoms with van der Waals surface area (Å²) >= 11 is 3.56. The van der Waals surface area contributed by atoms with Crippen LogP contribution in [0.2, 0.25) is 0 Å². The van der Waals surface area contributed by atoms with E-state index in [-0.39, 0.29) is 11.2 Å². The van der Waals surface area contributed by atoms with Crippen molar-refractivity contribution in [2.75, 3.05) is 33.6 Å². The van der Waals surface area contributed by atoms with Gasteiger partial charge in [-0.3, -0.25) is 29.9 Å². The van der Waals surface area contributed by atoms with E-state index in [9.17, 15) is 0 Å². The number of allylic oxidation sites excluding steroid dienone is 2. The highest BCUT2D eigenvalue weighted by molar-refractivity contribution is 9.10. The minimum absolute atomic E-state index is 0.370. The number of nitrogens with zero attached hydrogens (tertiary/aromatic N) is 14. The summed E-state index contributed by atoms with van der Waals surface area (Å²) in [5.41, 5.74) is 22.7. The van der Waals surface area contributed by atoms with E-state index < -0.39 is 7.25 Å². The van der Waals surface area contributed by atoms with Gasteiger partial charge >= 0.3 is 12.7 Å². The van der Waals surface area contributed by atoms with Gasteiger partial charge < -0.3 is 33.8 Å². The fourth-order valence-corrected chi connectivity index (χ4v) is 12.5. The zero-order chi connectivity index (χ0) is 62.7. The molecule has 0 spiro atoms. The predicted octanol–water partition coefficient (Wildman–Crippen LogP) is 14.8. The number of para-hydroxylation sites is 8. The second-order valence-corrected chi connectivity index (χ2v) is 25.2. The van der Waals surface area contributed by atoms with Gasteiger partial charge in [0.15, 0.2) is 17.2 Å². The molecule has 1 saturated heterocycles. The molecule has 0 radical (unpaired) electrons.